The van der Waals surface area contributed by atoms with E-state index in [1.807, 2.05) is 54.6 Å². The van der Waals surface area contributed by atoms with E-state index in [1.54, 1.807) is 12.4 Å². The minimum atomic E-state index is -0.663. The standard InChI is InChI=1S/C17H14N2O/c18-16(12-6-2-1-3-7-12)17(20)15-11-19-10-13-8-4-5-9-14(13)15/h1-11,16H,18H2. The van der Waals surface area contributed by atoms with Gasteiger partial charge in [-0.15, -0.1) is 0 Å². The van der Waals surface area contributed by atoms with Gasteiger partial charge in [-0.05, 0) is 10.9 Å². The number of carbonyl (C=O) groups excluding carboxylic acids is 1. The Morgan fingerprint density at radius 1 is 0.950 bits per heavy atom. The summed E-state index contributed by atoms with van der Waals surface area (Å²) in [5.74, 6) is -0.111. The zero-order chi connectivity index (χ0) is 13.9. The summed E-state index contributed by atoms with van der Waals surface area (Å²) in [4.78, 5) is 16.7. The lowest BCUT2D eigenvalue weighted by molar-refractivity contribution is 0.0962. The number of benzene rings is 2. The molecule has 20 heavy (non-hydrogen) atoms. The SMILES string of the molecule is NC(C(=O)c1cncc2ccccc12)c1ccccc1. The van der Waals surface area contributed by atoms with Gasteiger partial charge in [0.15, 0.2) is 5.78 Å². The number of nitrogens with two attached hydrogens (primary N) is 1. The van der Waals surface area contributed by atoms with Crippen molar-refractivity contribution in [1.82, 2.24) is 4.98 Å². The van der Waals surface area contributed by atoms with Gasteiger partial charge in [0, 0.05) is 23.3 Å². The zero-order valence-electron chi connectivity index (χ0n) is 10.9. The van der Waals surface area contributed by atoms with Gasteiger partial charge < -0.3 is 5.73 Å². The Balaban J connectivity index is 2.05. The fraction of sp³-hybridized carbons (Fsp3) is 0.0588. The summed E-state index contributed by atoms with van der Waals surface area (Å²) >= 11 is 0. The van der Waals surface area contributed by atoms with E-state index in [9.17, 15) is 4.79 Å². The first kappa shape index (κ1) is 12.5. The molecule has 3 heteroatoms. The van der Waals surface area contributed by atoms with Gasteiger partial charge in [0.25, 0.3) is 0 Å². The maximum Gasteiger partial charge on any atom is 0.186 e. The number of rotatable bonds is 3. The summed E-state index contributed by atoms with van der Waals surface area (Å²) in [5.41, 5.74) is 7.46. The lowest BCUT2D eigenvalue weighted by Gasteiger charge is -2.12. The third kappa shape index (κ3) is 2.19. The van der Waals surface area contributed by atoms with Crippen LogP contribution in [0.25, 0.3) is 10.8 Å². The molecule has 0 bridgehead atoms. The average molecular weight is 262 g/mol. The fourth-order valence-corrected chi connectivity index (χ4v) is 2.29. The summed E-state index contributed by atoms with van der Waals surface area (Å²) in [7, 11) is 0. The summed E-state index contributed by atoms with van der Waals surface area (Å²) in [5, 5.41) is 1.83. The largest absolute Gasteiger partial charge is 0.318 e. The van der Waals surface area contributed by atoms with E-state index in [-0.39, 0.29) is 5.78 Å². The number of hydrogen-bond donors (Lipinski definition) is 1. The number of carbonyl (C=O) groups is 1. The number of nitrogens with zero attached hydrogens (tertiary/aromatic N) is 1. The zero-order valence-corrected chi connectivity index (χ0v) is 10.9. The molecular weight excluding hydrogens is 248 g/mol. The molecule has 0 aliphatic rings. The predicted octanol–water partition coefficient (Wildman–Crippen LogP) is 3.12. The molecule has 0 saturated carbocycles. The van der Waals surface area contributed by atoms with Gasteiger partial charge in [-0.25, -0.2) is 0 Å². The molecule has 1 heterocycles. The Bertz CT molecular complexity index is 748. The highest BCUT2D eigenvalue weighted by molar-refractivity contribution is 6.10. The number of fused-ring (bicyclic) bond motifs is 1. The molecule has 2 aromatic carbocycles. The third-order valence-corrected chi connectivity index (χ3v) is 3.37. The van der Waals surface area contributed by atoms with Crippen LogP contribution in [0.5, 0.6) is 0 Å². The maximum absolute atomic E-state index is 12.6. The van der Waals surface area contributed by atoms with Crippen molar-refractivity contribution >= 4 is 16.6 Å². The van der Waals surface area contributed by atoms with Crippen molar-refractivity contribution in [2.75, 3.05) is 0 Å². The molecule has 3 nitrogen and oxygen atoms in total. The molecule has 3 aromatic rings. The van der Waals surface area contributed by atoms with Crippen LogP contribution >= 0.6 is 0 Å². The van der Waals surface area contributed by atoms with Crippen LogP contribution in [0.2, 0.25) is 0 Å². The Kier molecular flexibility index (Phi) is 3.27. The third-order valence-electron chi connectivity index (χ3n) is 3.37. The van der Waals surface area contributed by atoms with Crippen LogP contribution in [0.3, 0.4) is 0 Å². The Labute approximate surface area is 117 Å². The van der Waals surface area contributed by atoms with E-state index in [0.717, 1.165) is 16.3 Å². The molecule has 0 amide bonds. The van der Waals surface area contributed by atoms with Crippen LogP contribution in [-0.4, -0.2) is 10.8 Å². The van der Waals surface area contributed by atoms with E-state index in [4.69, 9.17) is 5.73 Å². The first-order valence-corrected chi connectivity index (χ1v) is 6.45. The van der Waals surface area contributed by atoms with Crippen molar-refractivity contribution in [3.05, 3.63) is 78.1 Å². The molecule has 98 valence electrons. The van der Waals surface area contributed by atoms with Crippen LogP contribution in [0.1, 0.15) is 22.0 Å². The fourth-order valence-electron chi connectivity index (χ4n) is 2.29. The molecule has 3 rings (SSSR count). The highest BCUT2D eigenvalue weighted by Gasteiger charge is 2.19. The molecule has 1 unspecified atom stereocenters. The van der Waals surface area contributed by atoms with E-state index >= 15 is 0 Å². The van der Waals surface area contributed by atoms with E-state index in [1.165, 1.54) is 0 Å². The Hall–Kier alpha value is -2.52. The number of pyridine rings is 1. The van der Waals surface area contributed by atoms with Gasteiger partial charge in [0.1, 0.15) is 0 Å². The highest BCUT2D eigenvalue weighted by Crippen LogP contribution is 2.22. The second-order valence-corrected chi connectivity index (χ2v) is 4.66. The van der Waals surface area contributed by atoms with Crippen LogP contribution < -0.4 is 5.73 Å². The topological polar surface area (TPSA) is 56.0 Å². The Morgan fingerprint density at radius 3 is 2.45 bits per heavy atom. The van der Waals surface area contributed by atoms with E-state index in [0.29, 0.717) is 5.56 Å². The molecule has 0 radical (unpaired) electrons. The maximum atomic E-state index is 12.6. The molecule has 2 N–H and O–H groups in total. The molecule has 0 aliphatic carbocycles. The minimum Gasteiger partial charge on any atom is -0.318 e. The molecule has 1 atom stereocenters. The quantitative estimate of drug-likeness (QED) is 0.738. The summed E-state index contributed by atoms with van der Waals surface area (Å²) < 4.78 is 0. The van der Waals surface area contributed by atoms with E-state index in [2.05, 4.69) is 4.98 Å². The van der Waals surface area contributed by atoms with Gasteiger partial charge in [0.05, 0.1) is 6.04 Å². The second kappa shape index (κ2) is 5.23. The van der Waals surface area contributed by atoms with Gasteiger partial charge in [0.2, 0.25) is 0 Å². The van der Waals surface area contributed by atoms with Gasteiger partial charge in [-0.3, -0.25) is 9.78 Å². The lowest BCUT2D eigenvalue weighted by atomic mass is 9.96. The van der Waals surface area contributed by atoms with Gasteiger partial charge in [-0.2, -0.15) is 0 Å². The molecule has 0 spiro atoms. The highest BCUT2D eigenvalue weighted by atomic mass is 16.1. The van der Waals surface area contributed by atoms with Crippen LogP contribution in [0, 0.1) is 0 Å². The molecule has 0 aliphatic heterocycles. The molecule has 1 aromatic heterocycles. The predicted molar refractivity (Wildman–Crippen MR) is 79.4 cm³/mol. The van der Waals surface area contributed by atoms with E-state index < -0.39 is 6.04 Å². The summed E-state index contributed by atoms with van der Waals surface area (Å²) in [6.45, 7) is 0. The first-order chi connectivity index (χ1) is 9.77. The van der Waals surface area contributed by atoms with Gasteiger partial charge in [-0.1, -0.05) is 54.6 Å². The monoisotopic (exact) mass is 262 g/mol. The second-order valence-electron chi connectivity index (χ2n) is 4.66. The van der Waals surface area contributed by atoms with Crippen LogP contribution in [0.15, 0.2) is 67.0 Å². The summed E-state index contributed by atoms with van der Waals surface area (Å²) in [6.07, 6.45) is 3.34. The number of Topliss-reactive ketones (excluding diaryl/α,β-unsaturated/α-hetero) is 1. The number of aromatic nitrogens is 1. The Morgan fingerprint density at radius 2 is 1.65 bits per heavy atom. The first-order valence-electron chi connectivity index (χ1n) is 6.45. The number of hydrogen-bond acceptors (Lipinski definition) is 3. The van der Waals surface area contributed by atoms with Crippen molar-refractivity contribution in [2.24, 2.45) is 5.73 Å². The van der Waals surface area contributed by atoms with Crippen molar-refractivity contribution in [2.45, 2.75) is 6.04 Å². The summed E-state index contributed by atoms with van der Waals surface area (Å²) in [6, 6.07) is 16.4. The lowest BCUT2D eigenvalue weighted by Crippen LogP contribution is -2.21. The van der Waals surface area contributed by atoms with Crippen LogP contribution in [0.4, 0.5) is 0 Å². The molecular formula is C17H14N2O. The molecule has 0 saturated heterocycles. The smallest absolute Gasteiger partial charge is 0.186 e. The minimum absolute atomic E-state index is 0.111. The molecule has 0 fully saturated rings. The van der Waals surface area contributed by atoms with Crippen molar-refractivity contribution in [1.29, 1.82) is 0 Å². The van der Waals surface area contributed by atoms with Crippen molar-refractivity contribution in [3.8, 4) is 0 Å². The van der Waals surface area contributed by atoms with Crippen molar-refractivity contribution < 1.29 is 4.79 Å². The van der Waals surface area contributed by atoms with Crippen molar-refractivity contribution in [3.63, 3.8) is 0 Å². The number of ketones is 1. The van der Waals surface area contributed by atoms with Crippen LogP contribution in [-0.2, 0) is 0 Å². The normalized spacial score (nSPS) is 12.2. The average Bonchev–Trinajstić information content (AvgIpc) is 2.54. The van der Waals surface area contributed by atoms with Gasteiger partial charge >= 0.3 is 0 Å².